The van der Waals surface area contributed by atoms with Crippen molar-refractivity contribution in [3.63, 3.8) is 0 Å². The lowest BCUT2D eigenvalue weighted by atomic mass is 10.2. The largest absolute Gasteiger partial charge is 0.468 e. The van der Waals surface area contributed by atoms with Crippen molar-refractivity contribution in [2.45, 2.75) is 32.0 Å². The third-order valence-corrected chi connectivity index (χ3v) is 3.06. The molecular formula is C12H20N2O2. The van der Waals surface area contributed by atoms with Crippen LogP contribution in [0.1, 0.15) is 19.1 Å². The van der Waals surface area contributed by atoms with Crippen LogP contribution in [0.15, 0.2) is 22.8 Å². The Kier molecular flexibility index (Phi) is 3.98. The lowest BCUT2D eigenvalue weighted by Crippen LogP contribution is -2.42. The summed E-state index contributed by atoms with van der Waals surface area (Å²) in [6.45, 7) is 5.11. The molecule has 4 nitrogen and oxygen atoms in total. The van der Waals surface area contributed by atoms with Crippen LogP contribution in [0.4, 0.5) is 0 Å². The highest BCUT2D eigenvalue weighted by Crippen LogP contribution is 2.10. The molecule has 2 atom stereocenters. The van der Waals surface area contributed by atoms with Gasteiger partial charge in [-0.15, -0.1) is 0 Å². The monoisotopic (exact) mass is 224 g/mol. The molecule has 0 spiro atoms. The fourth-order valence-corrected chi connectivity index (χ4v) is 2.19. The first-order valence-electron chi connectivity index (χ1n) is 5.89. The summed E-state index contributed by atoms with van der Waals surface area (Å²) < 4.78 is 5.35. The Hall–Kier alpha value is -0.840. The zero-order valence-corrected chi connectivity index (χ0v) is 9.72. The Labute approximate surface area is 96.2 Å². The standard InChI is InChI=1S/C12H20N2O2/c1-10-4-5-14(7-11(9-15)13-10)8-12-3-2-6-16-12/h2-3,6,10-11,13,15H,4-5,7-9H2,1H3. The van der Waals surface area contributed by atoms with E-state index in [9.17, 15) is 5.11 Å². The van der Waals surface area contributed by atoms with E-state index in [0.29, 0.717) is 6.04 Å². The average Bonchev–Trinajstić information content (AvgIpc) is 2.70. The van der Waals surface area contributed by atoms with Crippen LogP contribution in [0.2, 0.25) is 0 Å². The molecular weight excluding hydrogens is 204 g/mol. The summed E-state index contributed by atoms with van der Waals surface area (Å²) in [6, 6.07) is 4.55. The molecule has 2 unspecified atom stereocenters. The SMILES string of the molecule is CC1CCN(Cc2ccco2)CC(CO)N1. The molecule has 0 saturated carbocycles. The molecule has 0 aliphatic carbocycles. The average molecular weight is 224 g/mol. The van der Waals surface area contributed by atoms with E-state index in [1.54, 1.807) is 6.26 Å². The number of hydrogen-bond acceptors (Lipinski definition) is 4. The van der Waals surface area contributed by atoms with E-state index in [4.69, 9.17) is 4.42 Å². The van der Waals surface area contributed by atoms with E-state index in [1.165, 1.54) is 0 Å². The number of hydrogen-bond donors (Lipinski definition) is 2. The Morgan fingerprint density at radius 2 is 2.50 bits per heavy atom. The predicted octanol–water partition coefficient (Wildman–Crippen LogP) is 0.824. The second kappa shape index (κ2) is 5.48. The van der Waals surface area contributed by atoms with Crippen LogP contribution in [0.5, 0.6) is 0 Å². The summed E-state index contributed by atoms with van der Waals surface area (Å²) in [7, 11) is 0. The number of rotatable bonds is 3. The summed E-state index contributed by atoms with van der Waals surface area (Å²) in [5.74, 6) is 0.992. The maximum absolute atomic E-state index is 9.27. The smallest absolute Gasteiger partial charge is 0.117 e. The van der Waals surface area contributed by atoms with Crippen molar-refractivity contribution in [2.75, 3.05) is 19.7 Å². The van der Waals surface area contributed by atoms with Crippen molar-refractivity contribution in [1.29, 1.82) is 0 Å². The molecule has 1 fully saturated rings. The third kappa shape index (κ3) is 3.07. The summed E-state index contributed by atoms with van der Waals surface area (Å²) in [6.07, 6.45) is 2.81. The molecule has 1 saturated heterocycles. The van der Waals surface area contributed by atoms with Gasteiger partial charge in [0.2, 0.25) is 0 Å². The van der Waals surface area contributed by atoms with Crippen LogP contribution in [0, 0.1) is 0 Å². The van der Waals surface area contributed by atoms with Crippen molar-refractivity contribution in [3.8, 4) is 0 Å². The second-order valence-corrected chi connectivity index (χ2v) is 4.55. The molecule has 0 radical (unpaired) electrons. The molecule has 90 valence electrons. The zero-order chi connectivity index (χ0) is 11.4. The van der Waals surface area contributed by atoms with Crippen LogP contribution < -0.4 is 5.32 Å². The molecule has 2 N–H and O–H groups in total. The van der Waals surface area contributed by atoms with Gasteiger partial charge < -0.3 is 14.8 Å². The topological polar surface area (TPSA) is 48.6 Å². The molecule has 1 aliphatic heterocycles. The van der Waals surface area contributed by atoms with Crippen molar-refractivity contribution in [2.24, 2.45) is 0 Å². The lowest BCUT2D eigenvalue weighted by Gasteiger charge is -2.22. The van der Waals surface area contributed by atoms with Gasteiger partial charge in [0.25, 0.3) is 0 Å². The molecule has 1 aromatic heterocycles. The van der Waals surface area contributed by atoms with Gasteiger partial charge in [-0.05, 0) is 25.5 Å². The van der Waals surface area contributed by atoms with Gasteiger partial charge in [-0.25, -0.2) is 0 Å². The third-order valence-electron chi connectivity index (χ3n) is 3.06. The molecule has 4 heteroatoms. The first-order valence-corrected chi connectivity index (χ1v) is 5.89. The molecule has 0 bridgehead atoms. The lowest BCUT2D eigenvalue weighted by molar-refractivity contribution is 0.187. The van der Waals surface area contributed by atoms with E-state index < -0.39 is 0 Å². The Morgan fingerprint density at radius 3 is 3.19 bits per heavy atom. The Morgan fingerprint density at radius 1 is 1.62 bits per heavy atom. The number of nitrogens with zero attached hydrogens (tertiary/aromatic N) is 1. The van der Waals surface area contributed by atoms with Gasteiger partial charge in [0.1, 0.15) is 5.76 Å². The maximum atomic E-state index is 9.27. The fraction of sp³-hybridized carbons (Fsp3) is 0.667. The van der Waals surface area contributed by atoms with Crippen molar-refractivity contribution in [3.05, 3.63) is 24.2 Å². The van der Waals surface area contributed by atoms with E-state index in [2.05, 4.69) is 17.1 Å². The van der Waals surface area contributed by atoms with Crippen LogP contribution in [-0.2, 0) is 6.54 Å². The van der Waals surface area contributed by atoms with Gasteiger partial charge in [-0.3, -0.25) is 4.90 Å². The minimum atomic E-state index is 0.174. The zero-order valence-electron chi connectivity index (χ0n) is 9.72. The maximum Gasteiger partial charge on any atom is 0.117 e. The van der Waals surface area contributed by atoms with Gasteiger partial charge in [0, 0.05) is 25.2 Å². The number of furan rings is 1. The van der Waals surface area contributed by atoms with E-state index >= 15 is 0 Å². The van der Waals surface area contributed by atoms with Gasteiger partial charge in [0.15, 0.2) is 0 Å². The van der Waals surface area contributed by atoms with Crippen molar-refractivity contribution in [1.82, 2.24) is 10.2 Å². The molecule has 2 heterocycles. The molecule has 1 aromatic rings. The predicted molar refractivity (Wildman–Crippen MR) is 62.1 cm³/mol. The van der Waals surface area contributed by atoms with Crippen molar-refractivity contribution < 1.29 is 9.52 Å². The minimum absolute atomic E-state index is 0.174. The highest BCUT2D eigenvalue weighted by molar-refractivity contribution is 4.98. The normalized spacial score (nSPS) is 27.9. The highest BCUT2D eigenvalue weighted by Gasteiger charge is 2.21. The number of nitrogens with one attached hydrogen (secondary N) is 1. The van der Waals surface area contributed by atoms with E-state index in [1.807, 2.05) is 12.1 Å². The number of aliphatic hydroxyl groups is 1. The molecule has 0 amide bonds. The molecule has 1 aliphatic rings. The summed E-state index contributed by atoms with van der Waals surface area (Å²) >= 11 is 0. The van der Waals surface area contributed by atoms with Crippen LogP contribution >= 0.6 is 0 Å². The Balaban J connectivity index is 1.93. The first-order chi connectivity index (χ1) is 7.78. The van der Waals surface area contributed by atoms with Crippen LogP contribution in [0.25, 0.3) is 0 Å². The van der Waals surface area contributed by atoms with Gasteiger partial charge >= 0.3 is 0 Å². The quantitative estimate of drug-likeness (QED) is 0.798. The van der Waals surface area contributed by atoms with Gasteiger partial charge in [-0.2, -0.15) is 0 Å². The fourth-order valence-electron chi connectivity index (χ4n) is 2.19. The summed E-state index contributed by atoms with van der Waals surface area (Å²) in [5.41, 5.74) is 0. The van der Waals surface area contributed by atoms with Crippen molar-refractivity contribution >= 4 is 0 Å². The van der Waals surface area contributed by atoms with Gasteiger partial charge in [0.05, 0.1) is 19.4 Å². The number of aliphatic hydroxyl groups excluding tert-OH is 1. The second-order valence-electron chi connectivity index (χ2n) is 4.55. The van der Waals surface area contributed by atoms with E-state index in [-0.39, 0.29) is 12.6 Å². The van der Waals surface area contributed by atoms with Gasteiger partial charge in [-0.1, -0.05) is 0 Å². The minimum Gasteiger partial charge on any atom is -0.468 e. The van der Waals surface area contributed by atoms with Crippen LogP contribution in [-0.4, -0.2) is 41.8 Å². The molecule has 16 heavy (non-hydrogen) atoms. The Bertz CT molecular complexity index is 300. The highest BCUT2D eigenvalue weighted by atomic mass is 16.3. The first kappa shape index (κ1) is 11.6. The molecule has 0 aromatic carbocycles. The molecule has 2 rings (SSSR count). The van der Waals surface area contributed by atoms with E-state index in [0.717, 1.165) is 31.8 Å². The summed E-state index contributed by atoms with van der Waals surface area (Å²) in [4.78, 5) is 2.33. The summed E-state index contributed by atoms with van der Waals surface area (Å²) in [5, 5.41) is 12.7. The van der Waals surface area contributed by atoms with Crippen LogP contribution in [0.3, 0.4) is 0 Å².